The molecule has 0 aromatic heterocycles. The highest BCUT2D eigenvalue weighted by molar-refractivity contribution is 7.89. The van der Waals surface area contributed by atoms with Crippen molar-refractivity contribution in [2.45, 2.75) is 63.8 Å². The summed E-state index contributed by atoms with van der Waals surface area (Å²) in [5.41, 5.74) is 1.88. The molecule has 0 amide bonds. The van der Waals surface area contributed by atoms with Gasteiger partial charge in [-0.2, -0.15) is 0 Å². The first kappa shape index (κ1) is 27.9. The third kappa shape index (κ3) is 6.77. The van der Waals surface area contributed by atoms with Crippen molar-refractivity contribution >= 4 is 16.0 Å². The van der Waals surface area contributed by atoms with Crippen LogP contribution >= 0.6 is 0 Å². The van der Waals surface area contributed by atoms with Gasteiger partial charge in [-0.1, -0.05) is 44.0 Å². The van der Waals surface area contributed by atoms with E-state index in [0.29, 0.717) is 17.7 Å². The van der Waals surface area contributed by atoms with Crippen LogP contribution in [0.1, 0.15) is 49.8 Å². The highest BCUT2D eigenvalue weighted by atomic mass is 32.2. The van der Waals surface area contributed by atoms with Gasteiger partial charge in [-0.25, -0.2) is 13.4 Å². The molecule has 0 saturated carbocycles. The third-order valence-electron chi connectivity index (χ3n) is 6.18. The van der Waals surface area contributed by atoms with Crippen LogP contribution < -0.4 is 4.74 Å². The molecule has 7 nitrogen and oxygen atoms in total. The van der Waals surface area contributed by atoms with E-state index in [1.807, 2.05) is 6.92 Å². The summed E-state index contributed by atoms with van der Waals surface area (Å²) >= 11 is 0. The normalized spacial score (nSPS) is 15.9. The maximum absolute atomic E-state index is 13.9. The lowest BCUT2D eigenvalue weighted by Crippen LogP contribution is -2.46. The summed E-state index contributed by atoms with van der Waals surface area (Å²) < 4.78 is 70.4. The molecule has 2 aromatic rings. The molecule has 36 heavy (non-hydrogen) atoms. The second-order valence-corrected chi connectivity index (χ2v) is 10.6. The number of hydrazine groups is 1. The summed E-state index contributed by atoms with van der Waals surface area (Å²) in [6.07, 6.45) is -1.82. The number of carboxylic acids is 1. The van der Waals surface area contributed by atoms with Crippen LogP contribution in [0.5, 0.6) is 5.75 Å². The monoisotopic (exact) mass is 528 g/mol. The van der Waals surface area contributed by atoms with Crippen molar-refractivity contribution in [1.29, 1.82) is 0 Å². The fraction of sp³-hybridized carbons (Fsp3) is 0.480. The number of hydrogen-bond acceptors (Lipinski definition) is 5. The van der Waals surface area contributed by atoms with Crippen LogP contribution in [0, 0.1) is 5.92 Å². The van der Waals surface area contributed by atoms with Crippen molar-refractivity contribution < 1.29 is 36.2 Å². The number of nitrogens with zero attached hydrogens (tertiary/aromatic N) is 2. The number of carboxylic acid groups (broad SMARTS) is 1. The molecule has 0 bridgehead atoms. The Labute approximate surface area is 209 Å². The van der Waals surface area contributed by atoms with E-state index in [-0.39, 0.29) is 36.6 Å². The molecule has 0 heterocycles. The van der Waals surface area contributed by atoms with Gasteiger partial charge in [0.1, 0.15) is 5.75 Å². The smallest absolute Gasteiger partial charge is 0.481 e. The van der Waals surface area contributed by atoms with Crippen LogP contribution in [-0.4, -0.2) is 48.4 Å². The first-order valence-corrected chi connectivity index (χ1v) is 13.4. The molecule has 1 aliphatic carbocycles. The van der Waals surface area contributed by atoms with Gasteiger partial charge in [0.2, 0.25) is 0 Å². The van der Waals surface area contributed by atoms with E-state index in [2.05, 4.69) is 4.74 Å². The largest absolute Gasteiger partial charge is 0.573 e. The zero-order valence-electron chi connectivity index (χ0n) is 20.3. The van der Waals surface area contributed by atoms with Crippen molar-refractivity contribution in [3.05, 3.63) is 59.2 Å². The number of benzene rings is 2. The zero-order valence-corrected chi connectivity index (χ0v) is 21.1. The summed E-state index contributed by atoms with van der Waals surface area (Å²) in [6, 6.07) is 10.3. The lowest BCUT2D eigenvalue weighted by molar-refractivity contribution is -0.274. The number of ether oxygens (including phenoxy) is 1. The molecule has 0 spiro atoms. The number of fused-ring (bicyclic) bond motifs is 1. The van der Waals surface area contributed by atoms with E-state index in [1.54, 1.807) is 24.1 Å². The van der Waals surface area contributed by atoms with Crippen molar-refractivity contribution in [3.63, 3.8) is 0 Å². The number of sulfonamides is 1. The molecule has 2 aromatic carbocycles. The van der Waals surface area contributed by atoms with Gasteiger partial charge in [-0.15, -0.1) is 17.6 Å². The van der Waals surface area contributed by atoms with Gasteiger partial charge >= 0.3 is 12.3 Å². The van der Waals surface area contributed by atoms with Gasteiger partial charge in [0.05, 0.1) is 10.8 Å². The van der Waals surface area contributed by atoms with Crippen LogP contribution in [-0.2, 0) is 34.2 Å². The number of rotatable bonds is 12. The lowest BCUT2D eigenvalue weighted by Gasteiger charge is -2.34. The molecule has 1 N–H and O–H groups in total. The molecule has 1 atom stereocenters. The van der Waals surface area contributed by atoms with E-state index < -0.39 is 28.3 Å². The second-order valence-electron chi connectivity index (χ2n) is 8.77. The van der Waals surface area contributed by atoms with Gasteiger partial charge in [-0.3, -0.25) is 4.79 Å². The number of unbranched alkanes of at least 4 members (excludes halogenated alkanes) is 2. The number of aliphatic carboxylic acids is 1. The Bertz CT molecular complexity index is 1150. The van der Waals surface area contributed by atoms with Crippen LogP contribution in [0.4, 0.5) is 13.2 Å². The number of halogens is 3. The van der Waals surface area contributed by atoms with E-state index in [0.717, 1.165) is 24.8 Å². The Morgan fingerprint density at radius 1 is 1.08 bits per heavy atom. The molecule has 1 aliphatic rings. The fourth-order valence-electron chi connectivity index (χ4n) is 4.49. The number of alkyl halides is 3. The molecule has 0 aliphatic heterocycles. The summed E-state index contributed by atoms with van der Waals surface area (Å²) in [4.78, 5) is 11.6. The quantitative estimate of drug-likeness (QED) is 0.308. The Kier molecular flexibility index (Phi) is 9.02. The van der Waals surface area contributed by atoms with Crippen LogP contribution in [0.25, 0.3) is 0 Å². The summed E-state index contributed by atoms with van der Waals surface area (Å²) in [5.74, 6) is -1.97. The zero-order chi connectivity index (χ0) is 26.5. The fourth-order valence-corrected chi connectivity index (χ4v) is 6.28. The molecular formula is C25H31F3N2O5S. The standard InChI is InChI=1S/C25H31F3N2O5S/c1-3-5-6-14-29(17-18-10-12-21(13-11-18)35-25(26,27)28)30(4-2)36(33,34)23-9-7-8-19-15-20(24(31)32)16-22(19)23/h7-13,20H,3-6,14-17H2,1-2H3,(H,31,32). The predicted octanol–water partition coefficient (Wildman–Crippen LogP) is 5.00. The van der Waals surface area contributed by atoms with Gasteiger partial charge in [0.25, 0.3) is 10.0 Å². The third-order valence-corrected chi connectivity index (χ3v) is 8.16. The minimum Gasteiger partial charge on any atom is -0.481 e. The average molecular weight is 529 g/mol. The van der Waals surface area contributed by atoms with Crippen LogP contribution in [0.15, 0.2) is 47.4 Å². The molecule has 0 radical (unpaired) electrons. The van der Waals surface area contributed by atoms with E-state index in [1.165, 1.54) is 34.7 Å². The molecule has 3 rings (SSSR count). The number of carbonyl (C=O) groups is 1. The second kappa shape index (κ2) is 11.6. The Hall–Kier alpha value is -2.63. The summed E-state index contributed by atoms with van der Waals surface area (Å²) in [5, 5.41) is 11.1. The van der Waals surface area contributed by atoms with Gasteiger partial charge in [-0.05, 0) is 61.1 Å². The lowest BCUT2D eigenvalue weighted by atomic mass is 10.1. The highest BCUT2D eigenvalue weighted by Gasteiger charge is 2.36. The van der Waals surface area contributed by atoms with Crippen LogP contribution in [0.3, 0.4) is 0 Å². The predicted molar refractivity (Wildman–Crippen MR) is 128 cm³/mol. The summed E-state index contributed by atoms with van der Waals surface area (Å²) in [7, 11) is -4.02. The maximum Gasteiger partial charge on any atom is 0.573 e. The molecule has 1 unspecified atom stereocenters. The SMILES string of the molecule is CCCCCN(Cc1ccc(OC(F)(F)F)cc1)N(CC)S(=O)(=O)c1cccc2c1CC(C(=O)O)C2. The average Bonchev–Trinajstić information content (AvgIpc) is 3.24. The van der Waals surface area contributed by atoms with E-state index in [4.69, 9.17) is 0 Å². The molecule has 198 valence electrons. The van der Waals surface area contributed by atoms with Gasteiger partial charge < -0.3 is 9.84 Å². The summed E-state index contributed by atoms with van der Waals surface area (Å²) in [6.45, 7) is 4.47. The topological polar surface area (TPSA) is 87.2 Å². The van der Waals surface area contributed by atoms with E-state index >= 15 is 0 Å². The van der Waals surface area contributed by atoms with Crippen LogP contribution in [0.2, 0.25) is 0 Å². The Balaban J connectivity index is 1.90. The van der Waals surface area contributed by atoms with Crippen molar-refractivity contribution in [3.8, 4) is 5.75 Å². The van der Waals surface area contributed by atoms with Gasteiger partial charge in [0.15, 0.2) is 0 Å². The van der Waals surface area contributed by atoms with Crippen molar-refractivity contribution in [2.24, 2.45) is 5.92 Å². The minimum atomic E-state index is -4.80. The van der Waals surface area contributed by atoms with Gasteiger partial charge in [0, 0.05) is 19.6 Å². The minimum absolute atomic E-state index is 0.0972. The number of hydrogen-bond donors (Lipinski definition) is 1. The molecule has 0 fully saturated rings. The first-order valence-electron chi connectivity index (χ1n) is 11.9. The molecule has 11 heteroatoms. The Morgan fingerprint density at radius 3 is 2.36 bits per heavy atom. The molecular weight excluding hydrogens is 497 g/mol. The van der Waals surface area contributed by atoms with Crippen molar-refractivity contribution in [2.75, 3.05) is 13.1 Å². The van der Waals surface area contributed by atoms with E-state index in [9.17, 15) is 31.5 Å². The highest BCUT2D eigenvalue weighted by Crippen LogP contribution is 2.34. The maximum atomic E-state index is 13.9. The molecule has 0 saturated heterocycles. The van der Waals surface area contributed by atoms with Crippen molar-refractivity contribution in [1.82, 2.24) is 9.42 Å². The first-order chi connectivity index (χ1) is 17.0. The Morgan fingerprint density at radius 2 is 1.78 bits per heavy atom.